The van der Waals surface area contributed by atoms with Crippen molar-refractivity contribution in [1.82, 2.24) is 5.32 Å². The molecule has 1 atom stereocenters. The van der Waals surface area contributed by atoms with Crippen molar-refractivity contribution >= 4 is 5.91 Å². The quantitative estimate of drug-likeness (QED) is 0.890. The number of hydrogen-bond acceptors (Lipinski definition) is 3. The Morgan fingerprint density at radius 2 is 1.78 bits per heavy atom. The molecule has 124 valence electrons. The molecule has 2 aromatic rings. The molecule has 1 amide bonds. The van der Waals surface area contributed by atoms with Crippen LogP contribution < -0.4 is 5.32 Å². The van der Waals surface area contributed by atoms with Crippen LogP contribution in [0.3, 0.4) is 0 Å². The SMILES string of the molecule is Cc1ccc(C(C)(O)CNC(=O)C(C)(C)c2ccc(F)cc2)o1. The summed E-state index contributed by atoms with van der Waals surface area (Å²) in [6.45, 7) is 6.89. The number of nitrogens with one attached hydrogen (secondary N) is 1. The molecule has 4 nitrogen and oxygen atoms in total. The minimum atomic E-state index is -1.30. The lowest BCUT2D eigenvalue weighted by atomic mass is 9.83. The summed E-state index contributed by atoms with van der Waals surface area (Å²) in [5, 5.41) is 13.2. The molecule has 1 heterocycles. The molecule has 0 aliphatic heterocycles. The summed E-state index contributed by atoms with van der Waals surface area (Å²) in [4.78, 5) is 12.5. The van der Waals surface area contributed by atoms with Crippen molar-refractivity contribution in [3.05, 3.63) is 59.3 Å². The minimum absolute atomic E-state index is 0.0173. The van der Waals surface area contributed by atoms with Gasteiger partial charge in [-0.15, -0.1) is 0 Å². The van der Waals surface area contributed by atoms with E-state index in [9.17, 15) is 14.3 Å². The highest BCUT2D eigenvalue weighted by Crippen LogP contribution is 2.25. The fraction of sp³-hybridized carbons (Fsp3) is 0.389. The summed E-state index contributed by atoms with van der Waals surface area (Å²) in [6, 6.07) is 9.27. The van der Waals surface area contributed by atoms with E-state index < -0.39 is 11.0 Å². The number of carbonyl (C=O) groups excluding carboxylic acids is 1. The van der Waals surface area contributed by atoms with E-state index in [1.807, 2.05) is 0 Å². The average Bonchev–Trinajstić information content (AvgIpc) is 2.92. The van der Waals surface area contributed by atoms with Gasteiger partial charge in [-0.1, -0.05) is 12.1 Å². The zero-order valence-corrected chi connectivity index (χ0v) is 13.8. The van der Waals surface area contributed by atoms with Crippen molar-refractivity contribution in [1.29, 1.82) is 0 Å². The van der Waals surface area contributed by atoms with Crippen molar-refractivity contribution < 1.29 is 18.7 Å². The summed E-state index contributed by atoms with van der Waals surface area (Å²) < 4.78 is 18.4. The van der Waals surface area contributed by atoms with Gasteiger partial charge in [-0.3, -0.25) is 4.79 Å². The molecule has 0 aliphatic carbocycles. The van der Waals surface area contributed by atoms with Crippen molar-refractivity contribution in [2.24, 2.45) is 0 Å². The van der Waals surface area contributed by atoms with Gasteiger partial charge in [-0.05, 0) is 57.5 Å². The third-order valence-electron chi connectivity index (χ3n) is 4.00. The molecular formula is C18H22FNO3. The maximum absolute atomic E-state index is 13.0. The Hall–Kier alpha value is -2.14. The third kappa shape index (κ3) is 3.79. The zero-order chi connectivity index (χ0) is 17.3. The van der Waals surface area contributed by atoms with Gasteiger partial charge in [0.25, 0.3) is 0 Å². The Balaban J connectivity index is 2.07. The van der Waals surface area contributed by atoms with Crippen LogP contribution in [0.1, 0.15) is 37.9 Å². The van der Waals surface area contributed by atoms with Gasteiger partial charge in [0.05, 0.1) is 12.0 Å². The predicted octanol–water partition coefficient (Wildman–Crippen LogP) is 3.03. The van der Waals surface area contributed by atoms with E-state index in [1.165, 1.54) is 12.1 Å². The van der Waals surface area contributed by atoms with Crippen LogP contribution >= 0.6 is 0 Å². The summed E-state index contributed by atoms with van der Waals surface area (Å²) in [5.74, 6) is 0.488. The number of rotatable bonds is 5. The zero-order valence-electron chi connectivity index (χ0n) is 13.8. The Morgan fingerprint density at radius 3 is 2.30 bits per heavy atom. The van der Waals surface area contributed by atoms with Gasteiger partial charge >= 0.3 is 0 Å². The number of amides is 1. The van der Waals surface area contributed by atoms with Gasteiger partial charge in [0.15, 0.2) is 0 Å². The van der Waals surface area contributed by atoms with E-state index in [-0.39, 0.29) is 18.3 Å². The molecule has 0 radical (unpaired) electrons. The molecule has 1 aromatic carbocycles. The number of benzene rings is 1. The van der Waals surface area contributed by atoms with Crippen LogP contribution in [0.5, 0.6) is 0 Å². The van der Waals surface area contributed by atoms with Crippen LogP contribution in [0.4, 0.5) is 4.39 Å². The number of furan rings is 1. The minimum Gasteiger partial charge on any atom is -0.463 e. The van der Waals surface area contributed by atoms with Gasteiger partial charge in [-0.2, -0.15) is 0 Å². The van der Waals surface area contributed by atoms with E-state index in [1.54, 1.807) is 52.0 Å². The molecule has 0 bridgehead atoms. The first-order chi connectivity index (χ1) is 10.6. The molecule has 0 aliphatic rings. The highest BCUT2D eigenvalue weighted by atomic mass is 19.1. The summed E-state index contributed by atoms with van der Waals surface area (Å²) in [5.41, 5.74) is -1.45. The Morgan fingerprint density at radius 1 is 1.17 bits per heavy atom. The first kappa shape index (κ1) is 17.2. The maximum Gasteiger partial charge on any atom is 0.230 e. The molecule has 2 N–H and O–H groups in total. The number of aryl methyl sites for hydroxylation is 1. The van der Waals surface area contributed by atoms with E-state index in [0.717, 1.165) is 0 Å². The number of aliphatic hydroxyl groups is 1. The average molecular weight is 319 g/mol. The number of halogens is 1. The molecule has 0 fully saturated rings. The fourth-order valence-electron chi connectivity index (χ4n) is 2.28. The molecule has 5 heteroatoms. The maximum atomic E-state index is 13.0. The van der Waals surface area contributed by atoms with E-state index in [4.69, 9.17) is 4.42 Å². The summed E-state index contributed by atoms with van der Waals surface area (Å²) in [7, 11) is 0. The van der Waals surface area contributed by atoms with Crippen molar-refractivity contribution in [3.63, 3.8) is 0 Å². The standard InChI is InChI=1S/C18H22FNO3/c1-12-5-10-15(23-12)18(4,22)11-20-16(21)17(2,3)13-6-8-14(19)9-7-13/h5-10,22H,11H2,1-4H3,(H,20,21). The van der Waals surface area contributed by atoms with E-state index in [2.05, 4.69) is 5.32 Å². The second-order valence-corrected chi connectivity index (χ2v) is 6.50. The second kappa shape index (κ2) is 6.16. The molecule has 23 heavy (non-hydrogen) atoms. The predicted molar refractivity (Wildman–Crippen MR) is 85.5 cm³/mol. The van der Waals surface area contributed by atoms with E-state index in [0.29, 0.717) is 17.1 Å². The lowest BCUT2D eigenvalue weighted by molar-refractivity contribution is -0.127. The Kier molecular flexibility index (Phi) is 4.61. The summed E-state index contributed by atoms with van der Waals surface area (Å²) in [6.07, 6.45) is 0. The number of carbonyl (C=O) groups is 1. The Labute approximate surface area is 135 Å². The summed E-state index contributed by atoms with van der Waals surface area (Å²) >= 11 is 0. The van der Waals surface area contributed by atoms with Gasteiger partial charge in [0.2, 0.25) is 5.91 Å². The molecule has 0 saturated heterocycles. The monoisotopic (exact) mass is 319 g/mol. The topological polar surface area (TPSA) is 62.5 Å². The van der Waals surface area contributed by atoms with Crippen LogP contribution in [0, 0.1) is 12.7 Å². The van der Waals surface area contributed by atoms with E-state index >= 15 is 0 Å². The molecule has 2 rings (SSSR count). The van der Waals surface area contributed by atoms with Crippen LogP contribution in [0.25, 0.3) is 0 Å². The first-order valence-corrected chi connectivity index (χ1v) is 7.46. The van der Waals surface area contributed by atoms with Crippen LogP contribution in [-0.2, 0) is 15.8 Å². The van der Waals surface area contributed by atoms with Crippen molar-refractivity contribution in [2.45, 2.75) is 38.7 Å². The largest absolute Gasteiger partial charge is 0.463 e. The lowest BCUT2D eigenvalue weighted by Gasteiger charge is -2.27. The van der Waals surface area contributed by atoms with Crippen LogP contribution in [0.2, 0.25) is 0 Å². The lowest BCUT2D eigenvalue weighted by Crippen LogP contribution is -2.45. The molecule has 0 spiro atoms. The van der Waals surface area contributed by atoms with Gasteiger partial charge in [-0.25, -0.2) is 4.39 Å². The molecule has 0 saturated carbocycles. The molecule has 1 unspecified atom stereocenters. The van der Waals surface area contributed by atoms with Crippen molar-refractivity contribution in [3.8, 4) is 0 Å². The molecule has 1 aromatic heterocycles. The Bertz CT molecular complexity index is 687. The second-order valence-electron chi connectivity index (χ2n) is 6.50. The smallest absolute Gasteiger partial charge is 0.230 e. The van der Waals surface area contributed by atoms with Crippen LogP contribution in [0.15, 0.2) is 40.8 Å². The fourth-order valence-corrected chi connectivity index (χ4v) is 2.28. The highest BCUT2D eigenvalue weighted by molar-refractivity contribution is 5.87. The number of hydrogen-bond donors (Lipinski definition) is 2. The van der Waals surface area contributed by atoms with Gasteiger partial charge < -0.3 is 14.8 Å². The van der Waals surface area contributed by atoms with Gasteiger partial charge in [0, 0.05) is 0 Å². The molecular weight excluding hydrogens is 297 g/mol. The normalized spacial score (nSPS) is 14.3. The van der Waals surface area contributed by atoms with Crippen LogP contribution in [-0.4, -0.2) is 17.6 Å². The van der Waals surface area contributed by atoms with Gasteiger partial charge in [0.1, 0.15) is 22.9 Å². The first-order valence-electron chi connectivity index (χ1n) is 7.46. The van der Waals surface area contributed by atoms with Crippen molar-refractivity contribution in [2.75, 3.05) is 6.54 Å². The highest BCUT2D eigenvalue weighted by Gasteiger charge is 2.33. The third-order valence-corrected chi connectivity index (χ3v) is 4.00.